The third-order valence-corrected chi connectivity index (χ3v) is 4.14. The smallest absolute Gasteiger partial charge is 0.251 e. The molecule has 0 aliphatic carbocycles. The van der Waals surface area contributed by atoms with Crippen LogP contribution in [0.5, 0.6) is 0 Å². The molecule has 0 saturated carbocycles. The molecule has 1 fully saturated rings. The average molecular weight is 289 g/mol. The summed E-state index contributed by atoms with van der Waals surface area (Å²) in [7, 11) is 2.19. The van der Waals surface area contributed by atoms with Gasteiger partial charge in [0.15, 0.2) is 0 Å². The molecule has 1 saturated heterocycles. The quantitative estimate of drug-likeness (QED) is 0.895. The van der Waals surface area contributed by atoms with Crippen LogP contribution in [0, 0.1) is 6.92 Å². The number of hydrogen-bond acceptors (Lipinski definition) is 3. The van der Waals surface area contributed by atoms with Crippen molar-refractivity contribution in [2.75, 3.05) is 32.0 Å². The number of anilines is 1. The van der Waals surface area contributed by atoms with E-state index in [1.165, 1.54) is 25.8 Å². The lowest BCUT2D eigenvalue weighted by molar-refractivity contribution is 0.0956. The normalized spacial score (nSPS) is 19.9. The Kier molecular flexibility index (Phi) is 5.62. The van der Waals surface area contributed by atoms with E-state index in [0.717, 1.165) is 23.4 Å². The van der Waals surface area contributed by atoms with Crippen molar-refractivity contribution in [3.05, 3.63) is 29.3 Å². The predicted octanol–water partition coefficient (Wildman–Crippen LogP) is 2.64. The van der Waals surface area contributed by atoms with Gasteiger partial charge in [0.1, 0.15) is 0 Å². The molecule has 0 radical (unpaired) electrons. The summed E-state index contributed by atoms with van der Waals surface area (Å²) < 4.78 is 0. The first-order valence-corrected chi connectivity index (χ1v) is 7.94. The number of amides is 1. The van der Waals surface area contributed by atoms with Crippen molar-refractivity contribution < 1.29 is 4.79 Å². The van der Waals surface area contributed by atoms with Crippen molar-refractivity contribution in [2.24, 2.45) is 0 Å². The third-order valence-electron chi connectivity index (χ3n) is 4.14. The fourth-order valence-corrected chi connectivity index (χ4v) is 2.83. The van der Waals surface area contributed by atoms with Gasteiger partial charge in [0, 0.05) is 23.8 Å². The molecule has 1 unspecified atom stereocenters. The average Bonchev–Trinajstić information content (AvgIpc) is 2.66. The third kappa shape index (κ3) is 4.46. The van der Waals surface area contributed by atoms with Gasteiger partial charge in [-0.25, -0.2) is 0 Å². The van der Waals surface area contributed by atoms with Crippen LogP contribution in [0.25, 0.3) is 0 Å². The van der Waals surface area contributed by atoms with E-state index in [1.807, 2.05) is 25.1 Å². The summed E-state index contributed by atoms with van der Waals surface area (Å²) in [6, 6.07) is 6.44. The molecule has 1 aliphatic heterocycles. The van der Waals surface area contributed by atoms with Crippen LogP contribution >= 0.6 is 0 Å². The Morgan fingerprint density at radius 2 is 2.14 bits per heavy atom. The van der Waals surface area contributed by atoms with E-state index in [4.69, 9.17) is 0 Å². The first-order valence-electron chi connectivity index (χ1n) is 7.94. The van der Waals surface area contributed by atoms with Crippen LogP contribution in [0.15, 0.2) is 18.2 Å². The van der Waals surface area contributed by atoms with Gasteiger partial charge in [-0.05, 0) is 77.0 Å². The molecule has 0 spiro atoms. The fourth-order valence-electron chi connectivity index (χ4n) is 2.83. The minimum atomic E-state index is 0.00300. The van der Waals surface area contributed by atoms with Gasteiger partial charge in [-0.15, -0.1) is 0 Å². The van der Waals surface area contributed by atoms with Crippen molar-refractivity contribution >= 4 is 11.6 Å². The maximum Gasteiger partial charge on any atom is 0.251 e. The fraction of sp³-hybridized carbons (Fsp3) is 0.588. The molecule has 2 rings (SSSR count). The topological polar surface area (TPSA) is 44.4 Å². The number of aryl methyl sites for hydroxylation is 1. The summed E-state index contributed by atoms with van der Waals surface area (Å²) in [4.78, 5) is 14.2. The molecule has 1 atom stereocenters. The van der Waals surface area contributed by atoms with Gasteiger partial charge in [0.25, 0.3) is 5.91 Å². The van der Waals surface area contributed by atoms with Gasteiger partial charge < -0.3 is 15.5 Å². The lowest BCUT2D eigenvalue weighted by atomic mass is 10.1. The van der Waals surface area contributed by atoms with Crippen LogP contribution in [0.2, 0.25) is 0 Å². The van der Waals surface area contributed by atoms with Crippen LogP contribution in [0.4, 0.5) is 5.69 Å². The van der Waals surface area contributed by atoms with E-state index in [0.29, 0.717) is 12.6 Å². The molecule has 1 amide bonds. The lowest BCUT2D eigenvalue weighted by Gasteiger charge is -2.20. The standard InChI is InChI=1S/C17H27N3O/c1-4-18-17(21)14-7-8-16(13(2)12-14)19-15-6-5-10-20(3)11-9-15/h7-8,12,15,19H,4-6,9-11H2,1-3H3,(H,18,21). The molecule has 1 aliphatic rings. The minimum absolute atomic E-state index is 0.00300. The molecule has 0 aromatic heterocycles. The zero-order chi connectivity index (χ0) is 15.2. The summed E-state index contributed by atoms with van der Waals surface area (Å²) in [5, 5.41) is 6.49. The highest BCUT2D eigenvalue weighted by Gasteiger charge is 2.15. The number of likely N-dealkylation sites (tertiary alicyclic amines) is 1. The number of hydrogen-bond donors (Lipinski definition) is 2. The molecule has 1 heterocycles. The summed E-state index contributed by atoms with van der Waals surface area (Å²) in [5.74, 6) is 0.00300. The van der Waals surface area contributed by atoms with Gasteiger partial charge >= 0.3 is 0 Å². The molecule has 4 nitrogen and oxygen atoms in total. The van der Waals surface area contributed by atoms with Crippen molar-refractivity contribution in [1.29, 1.82) is 0 Å². The van der Waals surface area contributed by atoms with E-state index >= 15 is 0 Å². The van der Waals surface area contributed by atoms with Crippen molar-refractivity contribution in [3.63, 3.8) is 0 Å². The number of benzene rings is 1. The Balaban J connectivity index is 2.02. The highest BCUT2D eigenvalue weighted by atomic mass is 16.1. The SMILES string of the molecule is CCNC(=O)c1ccc(NC2CCCN(C)CC2)c(C)c1. The molecule has 1 aromatic carbocycles. The van der Waals surface area contributed by atoms with Gasteiger partial charge in [-0.3, -0.25) is 4.79 Å². The molecule has 4 heteroatoms. The molecular formula is C17H27N3O. The lowest BCUT2D eigenvalue weighted by Crippen LogP contribution is -2.24. The van der Waals surface area contributed by atoms with Crippen LogP contribution in [0.3, 0.4) is 0 Å². The molecule has 1 aromatic rings. The van der Waals surface area contributed by atoms with Crippen molar-refractivity contribution in [3.8, 4) is 0 Å². The Bertz CT molecular complexity index is 487. The van der Waals surface area contributed by atoms with Gasteiger partial charge in [-0.1, -0.05) is 0 Å². The highest BCUT2D eigenvalue weighted by Crippen LogP contribution is 2.21. The number of carbonyl (C=O) groups excluding carboxylic acids is 1. The summed E-state index contributed by atoms with van der Waals surface area (Å²) >= 11 is 0. The maximum absolute atomic E-state index is 11.8. The number of nitrogens with zero attached hydrogens (tertiary/aromatic N) is 1. The number of rotatable bonds is 4. The molecular weight excluding hydrogens is 262 g/mol. The van der Waals surface area contributed by atoms with Gasteiger partial charge in [0.2, 0.25) is 0 Å². The van der Waals surface area contributed by atoms with E-state index in [1.54, 1.807) is 0 Å². The Morgan fingerprint density at radius 1 is 1.33 bits per heavy atom. The van der Waals surface area contributed by atoms with Crippen LogP contribution in [0.1, 0.15) is 42.1 Å². The van der Waals surface area contributed by atoms with E-state index in [-0.39, 0.29) is 5.91 Å². The first kappa shape index (κ1) is 15.8. The zero-order valence-corrected chi connectivity index (χ0v) is 13.4. The second kappa shape index (κ2) is 7.46. The number of carbonyl (C=O) groups is 1. The summed E-state index contributed by atoms with van der Waals surface area (Å²) in [6.45, 7) is 6.99. The second-order valence-electron chi connectivity index (χ2n) is 5.96. The highest BCUT2D eigenvalue weighted by molar-refractivity contribution is 5.94. The van der Waals surface area contributed by atoms with Crippen molar-refractivity contribution in [1.82, 2.24) is 10.2 Å². The minimum Gasteiger partial charge on any atom is -0.382 e. The molecule has 21 heavy (non-hydrogen) atoms. The molecule has 0 bridgehead atoms. The van der Waals surface area contributed by atoms with E-state index in [2.05, 4.69) is 29.5 Å². The largest absolute Gasteiger partial charge is 0.382 e. The Morgan fingerprint density at radius 3 is 2.86 bits per heavy atom. The van der Waals surface area contributed by atoms with Crippen molar-refractivity contribution in [2.45, 2.75) is 39.2 Å². The van der Waals surface area contributed by atoms with Crippen LogP contribution in [-0.4, -0.2) is 43.5 Å². The maximum atomic E-state index is 11.8. The summed E-state index contributed by atoms with van der Waals surface area (Å²) in [5.41, 5.74) is 3.02. The van der Waals surface area contributed by atoms with E-state index in [9.17, 15) is 4.79 Å². The summed E-state index contributed by atoms with van der Waals surface area (Å²) in [6.07, 6.45) is 3.63. The zero-order valence-electron chi connectivity index (χ0n) is 13.4. The molecule has 2 N–H and O–H groups in total. The predicted molar refractivity (Wildman–Crippen MR) is 87.9 cm³/mol. The van der Waals surface area contributed by atoms with Gasteiger partial charge in [-0.2, -0.15) is 0 Å². The Hall–Kier alpha value is -1.55. The van der Waals surface area contributed by atoms with E-state index < -0.39 is 0 Å². The van der Waals surface area contributed by atoms with Crippen LogP contribution in [-0.2, 0) is 0 Å². The second-order valence-corrected chi connectivity index (χ2v) is 5.96. The first-order chi connectivity index (χ1) is 10.1. The monoisotopic (exact) mass is 289 g/mol. The Labute approximate surface area is 127 Å². The molecule has 116 valence electrons. The number of nitrogens with one attached hydrogen (secondary N) is 2. The van der Waals surface area contributed by atoms with Gasteiger partial charge in [0.05, 0.1) is 0 Å². The van der Waals surface area contributed by atoms with Crippen LogP contribution < -0.4 is 10.6 Å².